The molecular weight excluding hydrogens is 264 g/mol. The second-order valence-electron chi connectivity index (χ2n) is 5.05. The van der Waals surface area contributed by atoms with E-state index < -0.39 is 29.9 Å². The molecule has 1 spiro atoms. The van der Waals surface area contributed by atoms with Crippen molar-refractivity contribution in [2.24, 2.45) is 0 Å². The van der Waals surface area contributed by atoms with Crippen LogP contribution in [0.5, 0.6) is 0 Å². The standard InChI is InChI=1S/C14H22O6/c1-3-17-12(15)10-11(13(16)18-4-2)20-14(19-10)8-6-5-7-9-14/h10-11H,3-9H2,1-2H3/t10-,11-/m1/s1. The van der Waals surface area contributed by atoms with E-state index in [4.69, 9.17) is 18.9 Å². The van der Waals surface area contributed by atoms with Crippen molar-refractivity contribution in [1.29, 1.82) is 0 Å². The molecule has 0 aromatic carbocycles. The predicted octanol–water partition coefficient (Wildman–Crippen LogP) is 1.56. The van der Waals surface area contributed by atoms with E-state index >= 15 is 0 Å². The van der Waals surface area contributed by atoms with Crippen molar-refractivity contribution >= 4 is 11.9 Å². The summed E-state index contributed by atoms with van der Waals surface area (Å²) in [5.74, 6) is -1.95. The van der Waals surface area contributed by atoms with Crippen molar-refractivity contribution in [3.8, 4) is 0 Å². The summed E-state index contributed by atoms with van der Waals surface area (Å²) in [5.41, 5.74) is 0. The van der Waals surface area contributed by atoms with Crippen LogP contribution in [0.4, 0.5) is 0 Å². The van der Waals surface area contributed by atoms with Gasteiger partial charge in [0.15, 0.2) is 18.0 Å². The van der Waals surface area contributed by atoms with Gasteiger partial charge in [-0.05, 0) is 26.7 Å². The van der Waals surface area contributed by atoms with Gasteiger partial charge in [-0.25, -0.2) is 9.59 Å². The van der Waals surface area contributed by atoms with Gasteiger partial charge in [-0.1, -0.05) is 6.42 Å². The summed E-state index contributed by atoms with van der Waals surface area (Å²) >= 11 is 0. The maximum Gasteiger partial charge on any atom is 0.338 e. The number of ether oxygens (including phenoxy) is 4. The maximum absolute atomic E-state index is 12.0. The Bertz CT molecular complexity index is 333. The molecule has 2 fully saturated rings. The lowest BCUT2D eigenvalue weighted by atomic mass is 9.94. The minimum absolute atomic E-state index is 0.237. The molecule has 0 radical (unpaired) electrons. The largest absolute Gasteiger partial charge is 0.464 e. The van der Waals surface area contributed by atoms with Crippen LogP contribution in [0.3, 0.4) is 0 Å². The molecule has 0 unspecified atom stereocenters. The Morgan fingerprint density at radius 1 is 0.950 bits per heavy atom. The van der Waals surface area contributed by atoms with Gasteiger partial charge in [0.1, 0.15) is 0 Å². The van der Waals surface area contributed by atoms with Crippen LogP contribution in [0.15, 0.2) is 0 Å². The second kappa shape index (κ2) is 6.54. The summed E-state index contributed by atoms with van der Waals surface area (Å²) < 4.78 is 21.5. The van der Waals surface area contributed by atoms with Crippen LogP contribution in [0, 0.1) is 0 Å². The summed E-state index contributed by atoms with van der Waals surface area (Å²) in [7, 11) is 0. The molecule has 1 saturated heterocycles. The number of hydrogen-bond acceptors (Lipinski definition) is 6. The van der Waals surface area contributed by atoms with Gasteiger partial charge in [0.05, 0.1) is 13.2 Å². The Morgan fingerprint density at radius 2 is 1.40 bits per heavy atom. The fourth-order valence-corrected chi connectivity index (χ4v) is 2.73. The summed E-state index contributed by atoms with van der Waals surface area (Å²) in [5, 5.41) is 0. The van der Waals surface area contributed by atoms with Crippen LogP contribution in [0.25, 0.3) is 0 Å². The Labute approximate surface area is 118 Å². The number of esters is 2. The molecule has 2 aliphatic rings. The van der Waals surface area contributed by atoms with Crippen molar-refractivity contribution in [2.75, 3.05) is 13.2 Å². The molecule has 20 heavy (non-hydrogen) atoms. The molecule has 1 heterocycles. The summed E-state index contributed by atoms with van der Waals surface area (Å²) in [6.45, 7) is 3.90. The molecule has 0 N–H and O–H groups in total. The molecule has 1 aliphatic heterocycles. The van der Waals surface area contributed by atoms with E-state index in [0.29, 0.717) is 12.8 Å². The van der Waals surface area contributed by atoms with Gasteiger partial charge in [0, 0.05) is 12.8 Å². The average Bonchev–Trinajstić information content (AvgIpc) is 2.80. The van der Waals surface area contributed by atoms with Crippen molar-refractivity contribution in [2.45, 2.75) is 63.9 Å². The summed E-state index contributed by atoms with van der Waals surface area (Å²) in [6, 6.07) is 0. The first-order chi connectivity index (χ1) is 9.62. The van der Waals surface area contributed by atoms with Crippen molar-refractivity contribution in [3.05, 3.63) is 0 Å². The first-order valence-corrected chi connectivity index (χ1v) is 7.31. The van der Waals surface area contributed by atoms with Gasteiger partial charge in [0.25, 0.3) is 0 Å². The third kappa shape index (κ3) is 3.12. The molecule has 6 nitrogen and oxygen atoms in total. The second-order valence-corrected chi connectivity index (χ2v) is 5.05. The van der Waals surface area contributed by atoms with Gasteiger partial charge < -0.3 is 18.9 Å². The number of carbonyl (C=O) groups excluding carboxylic acids is 2. The molecule has 1 aliphatic carbocycles. The number of carbonyl (C=O) groups is 2. The third-order valence-electron chi connectivity index (χ3n) is 3.61. The van der Waals surface area contributed by atoms with Gasteiger partial charge >= 0.3 is 11.9 Å². The van der Waals surface area contributed by atoms with E-state index in [1.165, 1.54) is 0 Å². The zero-order valence-corrected chi connectivity index (χ0v) is 12.1. The number of rotatable bonds is 4. The van der Waals surface area contributed by atoms with Gasteiger partial charge in [-0.2, -0.15) is 0 Å². The van der Waals surface area contributed by atoms with E-state index in [-0.39, 0.29) is 13.2 Å². The highest BCUT2D eigenvalue weighted by molar-refractivity contribution is 5.86. The maximum atomic E-state index is 12.0. The highest BCUT2D eigenvalue weighted by Gasteiger charge is 2.54. The number of hydrogen-bond donors (Lipinski definition) is 0. The molecule has 0 bridgehead atoms. The van der Waals surface area contributed by atoms with Gasteiger partial charge in [-0.3, -0.25) is 0 Å². The lowest BCUT2D eigenvalue weighted by molar-refractivity contribution is -0.203. The topological polar surface area (TPSA) is 71.1 Å². The fraction of sp³-hybridized carbons (Fsp3) is 0.857. The van der Waals surface area contributed by atoms with E-state index in [2.05, 4.69) is 0 Å². The lowest BCUT2D eigenvalue weighted by Gasteiger charge is -2.31. The van der Waals surface area contributed by atoms with Crippen molar-refractivity contribution in [3.63, 3.8) is 0 Å². The van der Waals surface area contributed by atoms with E-state index in [1.807, 2.05) is 0 Å². The summed E-state index contributed by atoms with van der Waals surface area (Å²) in [6.07, 6.45) is 2.38. The van der Waals surface area contributed by atoms with Crippen molar-refractivity contribution < 1.29 is 28.5 Å². The Morgan fingerprint density at radius 3 is 1.80 bits per heavy atom. The minimum Gasteiger partial charge on any atom is -0.464 e. The average molecular weight is 286 g/mol. The first-order valence-electron chi connectivity index (χ1n) is 7.31. The lowest BCUT2D eigenvalue weighted by Crippen LogP contribution is -2.39. The van der Waals surface area contributed by atoms with Crippen LogP contribution in [0.2, 0.25) is 0 Å². The van der Waals surface area contributed by atoms with E-state index in [9.17, 15) is 9.59 Å². The van der Waals surface area contributed by atoms with Crippen LogP contribution in [-0.2, 0) is 28.5 Å². The van der Waals surface area contributed by atoms with Crippen LogP contribution in [-0.4, -0.2) is 43.1 Å². The smallest absolute Gasteiger partial charge is 0.338 e. The monoisotopic (exact) mass is 286 g/mol. The Hall–Kier alpha value is -1.14. The quantitative estimate of drug-likeness (QED) is 0.730. The zero-order valence-electron chi connectivity index (χ0n) is 12.1. The zero-order chi connectivity index (χ0) is 14.6. The molecule has 1 saturated carbocycles. The van der Waals surface area contributed by atoms with E-state index in [0.717, 1.165) is 19.3 Å². The Balaban J connectivity index is 2.13. The first kappa shape index (κ1) is 15.3. The van der Waals surface area contributed by atoms with Crippen LogP contribution in [0.1, 0.15) is 46.0 Å². The molecule has 6 heteroatoms. The third-order valence-corrected chi connectivity index (χ3v) is 3.61. The van der Waals surface area contributed by atoms with Crippen molar-refractivity contribution in [1.82, 2.24) is 0 Å². The molecule has 2 rings (SSSR count). The minimum atomic E-state index is -1.02. The molecule has 114 valence electrons. The normalized spacial score (nSPS) is 28.3. The van der Waals surface area contributed by atoms with Crippen LogP contribution >= 0.6 is 0 Å². The molecule has 0 aromatic rings. The predicted molar refractivity (Wildman–Crippen MR) is 68.8 cm³/mol. The molecular formula is C14H22O6. The van der Waals surface area contributed by atoms with E-state index in [1.54, 1.807) is 13.8 Å². The fourth-order valence-electron chi connectivity index (χ4n) is 2.73. The van der Waals surface area contributed by atoms with Gasteiger partial charge in [-0.15, -0.1) is 0 Å². The van der Waals surface area contributed by atoms with Gasteiger partial charge in [0.2, 0.25) is 0 Å². The van der Waals surface area contributed by atoms with Crippen LogP contribution < -0.4 is 0 Å². The Kier molecular flexibility index (Phi) is 4.99. The highest BCUT2D eigenvalue weighted by atomic mass is 16.8. The molecule has 2 atom stereocenters. The molecule has 0 amide bonds. The molecule has 0 aromatic heterocycles. The summed E-state index contributed by atoms with van der Waals surface area (Å²) in [4.78, 5) is 23.9. The highest BCUT2D eigenvalue weighted by Crippen LogP contribution is 2.41. The SMILES string of the molecule is CCOC(=O)[C@@H]1OC2(CCCCC2)O[C@H]1C(=O)OCC.